The van der Waals surface area contributed by atoms with Gasteiger partial charge in [0.25, 0.3) is 0 Å². The Labute approximate surface area is 410 Å². The van der Waals surface area contributed by atoms with Gasteiger partial charge in [-0.25, -0.2) is 0 Å². The second kappa shape index (κ2) is 19.4. The molecule has 0 radical (unpaired) electrons. The van der Waals surface area contributed by atoms with E-state index in [1.807, 2.05) is 133 Å². The minimum Gasteiger partial charge on any atom is -0.368 e. The first kappa shape index (κ1) is 50.0. The van der Waals surface area contributed by atoms with Crippen LogP contribution in [-0.4, -0.2) is 127 Å². The molecule has 7 heterocycles. The Morgan fingerprint density at radius 3 is 1.39 bits per heavy atom. The van der Waals surface area contributed by atoms with Gasteiger partial charge in [0.15, 0.2) is 53.4 Å². The lowest BCUT2D eigenvalue weighted by Gasteiger charge is -2.45. The van der Waals surface area contributed by atoms with Crippen molar-refractivity contribution in [2.75, 3.05) is 0 Å². The van der Waals surface area contributed by atoms with Crippen molar-refractivity contribution in [3.8, 4) is 0 Å². The quantitative estimate of drug-likeness (QED) is 0.133. The van der Waals surface area contributed by atoms with Gasteiger partial charge >= 0.3 is 0 Å². The lowest BCUT2D eigenvalue weighted by molar-refractivity contribution is -0.283. The van der Waals surface area contributed by atoms with Gasteiger partial charge in [-0.15, -0.1) is 0 Å². The van der Waals surface area contributed by atoms with E-state index in [1.165, 1.54) is 6.08 Å². The van der Waals surface area contributed by atoms with Crippen LogP contribution in [0.2, 0.25) is 0 Å². The molecule has 0 N–H and O–H groups in total. The molecule has 16 heteroatoms. The maximum Gasteiger partial charge on any atom is 0.190 e. The third-order valence-corrected chi connectivity index (χ3v) is 13.4. The summed E-state index contributed by atoms with van der Waals surface area (Å²) in [6.07, 6.45) is -9.03. The van der Waals surface area contributed by atoms with Crippen LogP contribution >= 0.6 is 0 Å². The Morgan fingerprint density at radius 1 is 0.457 bits per heavy atom. The number of hydrogen-bond donors (Lipinski definition) is 0. The molecule has 380 valence electrons. The van der Waals surface area contributed by atoms with Crippen LogP contribution in [0.3, 0.4) is 0 Å². The monoisotopic (exact) mass is 972 g/mol. The summed E-state index contributed by atoms with van der Waals surface area (Å²) in [7, 11) is 0. The molecule has 3 aromatic carbocycles. The molecule has 16 nitrogen and oxygen atoms in total. The highest BCUT2D eigenvalue weighted by atomic mass is 16.9. The molecule has 0 spiro atoms. The average molecular weight is 973 g/mol. The molecular weight excluding hydrogens is 905 g/mol. The molecule has 0 saturated carbocycles. The molecular formula is C54H68O16. The molecule has 0 aromatic heterocycles. The number of ketones is 1. The predicted molar refractivity (Wildman–Crippen MR) is 248 cm³/mol. The summed E-state index contributed by atoms with van der Waals surface area (Å²) in [5.74, 6) is -5.47. The molecule has 10 rings (SSSR count). The van der Waals surface area contributed by atoms with Gasteiger partial charge in [0, 0.05) is 0 Å². The van der Waals surface area contributed by atoms with Crippen LogP contribution in [0.5, 0.6) is 0 Å². The van der Waals surface area contributed by atoms with Gasteiger partial charge in [0.2, 0.25) is 0 Å². The van der Waals surface area contributed by atoms with Gasteiger partial charge in [-0.2, -0.15) is 0 Å². The van der Waals surface area contributed by atoms with Crippen molar-refractivity contribution in [1.82, 2.24) is 0 Å². The van der Waals surface area contributed by atoms with Crippen LogP contribution < -0.4 is 0 Å². The summed E-state index contributed by atoms with van der Waals surface area (Å²) in [4.78, 5) is 14.5. The van der Waals surface area contributed by atoms with Crippen LogP contribution in [0, 0.1) is 0 Å². The number of carbonyl (C=O) groups is 1. The summed E-state index contributed by atoms with van der Waals surface area (Å²) < 4.78 is 99.7. The molecule has 0 amide bonds. The zero-order chi connectivity index (χ0) is 49.2. The number of hydrogen-bond acceptors (Lipinski definition) is 16. The normalized spacial score (nSPS) is 36.5. The fraction of sp³-hybridized carbons (Fsp3) is 0.611. The van der Waals surface area contributed by atoms with Gasteiger partial charge in [0.1, 0.15) is 73.2 Å². The summed E-state index contributed by atoms with van der Waals surface area (Å²) in [6, 6.07) is 29.6. The van der Waals surface area contributed by atoms with Crippen molar-refractivity contribution in [2.24, 2.45) is 0 Å². The van der Waals surface area contributed by atoms with Crippen molar-refractivity contribution in [1.29, 1.82) is 0 Å². The van der Waals surface area contributed by atoms with Gasteiger partial charge in [-0.1, -0.05) is 91.0 Å². The molecule has 7 aliphatic heterocycles. The number of fused-ring (bicyclic) bond motifs is 6. The summed E-state index contributed by atoms with van der Waals surface area (Å²) in [5, 5.41) is 0. The Bertz CT molecular complexity index is 2290. The topological polar surface area (TPSA) is 156 Å². The van der Waals surface area contributed by atoms with E-state index in [0.717, 1.165) is 16.7 Å². The Hall–Kier alpha value is -3.53. The first-order valence-electron chi connectivity index (χ1n) is 24.5. The maximum absolute atomic E-state index is 14.5. The van der Waals surface area contributed by atoms with Gasteiger partial charge in [-0.05, 0) is 98.1 Å². The summed E-state index contributed by atoms with van der Waals surface area (Å²) in [5.41, 5.74) is 2.74. The number of ether oxygens (including phenoxy) is 15. The van der Waals surface area contributed by atoms with E-state index in [4.69, 9.17) is 71.1 Å². The number of rotatable bonds is 16. The fourth-order valence-electron chi connectivity index (χ4n) is 10.7. The van der Waals surface area contributed by atoms with Crippen LogP contribution in [-0.2, 0) is 95.7 Å². The molecule has 7 fully saturated rings. The van der Waals surface area contributed by atoms with E-state index in [9.17, 15) is 4.79 Å². The summed E-state index contributed by atoms with van der Waals surface area (Å²) in [6.45, 7) is 18.8. The van der Waals surface area contributed by atoms with E-state index >= 15 is 0 Å². The number of benzene rings is 3. The Morgan fingerprint density at radius 2 is 0.857 bits per heavy atom. The summed E-state index contributed by atoms with van der Waals surface area (Å²) >= 11 is 0. The third kappa shape index (κ3) is 10.9. The minimum absolute atomic E-state index is 0.158. The molecule has 70 heavy (non-hydrogen) atoms. The van der Waals surface area contributed by atoms with Crippen molar-refractivity contribution < 1.29 is 75.8 Å². The lowest BCUT2D eigenvalue weighted by atomic mass is 9.88. The molecule has 0 unspecified atom stereocenters. The van der Waals surface area contributed by atoms with Gasteiger partial charge in [0.05, 0.1) is 19.8 Å². The smallest absolute Gasteiger partial charge is 0.190 e. The molecule has 7 aliphatic rings. The maximum atomic E-state index is 14.5. The van der Waals surface area contributed by atoms with E-state index < -0.39 is 121 Å². The molecule has 0 bridgehead atoms. The van der Waals surface area contributed by atoms with Crippen molar-refractivity contribution >= 4 is 5.78 Å². The molecule has 0 aliphatic carbocycles. The molecule has 3 aromatic rings. The van der Waals surface area contributed by atoms with Gasteiger partial charge in [-0.3, -0.25) is 4.79 Å². The van der Waals surface area contributed by atoms with E-state index in [0.29, 0.717) is 0 Å². The van der Waals surface area contributed by atoms with E-state index in [1.54, 1.807) is 33.8 Å². The first-order valence-corrected chi connectivity index (χ1v) is 24.5. The van der Waals surface area contributed by atoms with Gasteiger partial charge < -0.3 is 71.1 Å². The lowest BCUT2D eigenvalue weighted by Crippen LogP contribution is -2.63. The standard InChI is InChI=1S/C54H68O16/c1-50(2)61-35(27-26-34(55)36-42-44(65-51(3,4)63-42)46-48(59-36)69-53(7,8)67-46)37(62-50)38(56-28-31-20-14-11-15-21-31)39(57-29-32-22-16-12-17-23-32)40(58-30-33-24-18-13-19-25-33)41-43-45(66-52(5,6)64-43)47-49(60-41)70-54(9,10)68-47/h11-27,35-49H,28-30H2,1-10H3/b27-26+/t35-,36-,37+,38+,39+,40-,41-,42+,43+,44+,45+,46-,47-,48-,49-/m1/s1. The number of carbonyl (C=O) groups excluding carboxylic acids is 1. The highest BCUT2D eigenvalue weighted by Gasteiger charge is 2.65. The van der Waals surface area contributed by atoms with Crippen LogP contribution in [0.1, 0.15) is 85.9 Å². The SMILES string of the molecule is CC1(C)O[C@H]2[C@@H]([C@H](OCc3ccccc3)[C@@H](OCc3ccccc3)[C@@H](OCc3ccccc3)[C@H]3OC(C)(C)O[C@@H]3/C=C/C(=O)[C@H]3O[C@@H]4OC(C)(C)O[C@@H]4[C@H]4OC(C)(C)O[C@H]43)O[C@@H]3OC(C)(C)O[C@@H]3[C@H]2O1. The van der Waals surface area contributed by atoms with Crippen molar-refractivity contribution in [3.63, 3.8) is 0 Å². The van der Waals surface area contributed by atoms with Crippen molar-refractivity contribution in [3.05, 3.63) is 120 Å². The van der Waals surface area contributed by atoms with Crippen LogP contribution in [0.25, 0.3) is 0 Å². The van der Waals surface area contributed by atoms with Crippen molar-refractivity contribution in [2.45, 2.75) is 210 Å². The second-order valence-electron chi connectivity index (χ2n) is 21.3. The highest BCUT2D eigenvalue weighted by molar-refractivity contribution is 5.94. The molecule has 7 saturated heterocycles. The van der Waals surface area contributed by atoms with Crippen LogP contribution in [0.15, 0.2) is 103 Å². The second-order valence-corrected chi connectivity index (χ2v) is 21.3. The third-order valence-electron chi connectivity index (χ3n) is 13.4. The zero-order valence-electron chi connectivity index (χ0n) is 41.6. The predicted octanol–water partition coefficient (Wildman–Crippen LogP) is 7.18. The van der Waals surface area contributed by atoms with E-state index in [2.05, 4.69) is 0 Å². The average Bonchev–Trinajstić information content (AvgIpc) is 4.08. The van der Waals surface area contributed by atoms with E-state index in [-0.39, 0.29) is 25.6 Å². The largest absolute Gasteiger partial charge is 0.368 e. The first-order chi connectivity index (χ1) is 33.2. The highest BCUT2D eigenvalue weighted by Crippen LogP contribution is 2.48. The Kier molecular flexibility index (Phi) is 13.9. The fourth-order valence-corrected chi connectivity index (χ4v) is 10.7. The molecule has 15 atom stereocenters. The van der Waals surface area contributed by atoms with Crippen LogP contribution in [0.4, 0.5) is 0 Å². The Balaban J connectivity index is 1.04. The minimum atomic E-state index is -1.15. The zero-order valence-corrected chi connectivity index (χ0v) is 41.6.